The van der Waals surface area contributed by atoms with Gasteiger partial charge in [0.15, 0.2) is 0 Å². The third kappa shape index (κ3) is 7.89. The number of aliphatic hydroxyl groups is 1. The van der Waals surface area contributed by atoms with E-state index >= 15 is 0 Å². The van der Waals surface area contributed by atoms with Crippen molar-refractivity contribution in [3.05, 3.63) is 40.5 Å². The van der Waals surface area contributed by atoms with Gasteiger partial charge in [-0.15, -0.1) is 0 Å². The summed E-state index contributed by atoms with van der Waals surface area (Å²) < 4.78 is 17.8. The largest absolute Gasteiger partial charge is 0.497 e. The molecule has 1 saturated heterocycles. The zero-order valence-corrected chi connectivity index (χ0v) is 24.8. The van der Waals surface area contributed by atoms with Crippen molar-refractivity contribution in [2.75, 3.05) is 20.8 Å². The number of ether oxygens (including phenoxy) is 2. The lowest BCUT2D eigenvalue weighted by atomic mass is 9.97. The van der Waals surface area contributed by atoms with Crippen LogP contribution in [0.15, 0.2) is 33.6 Å². The molecule has 1 aliphatic heterocycles. The van der Waals surface area contributed by atoms with E-state index in [1.54, 1.807) is 14.2 Å². The van der Waals surface area contributed by atoms with Gasteiger partial charge in [-0.25, -0.2) is 0 Å². The average Bonchev–Trinajstić information content (AvgIpc) is 3.47. The van der Waals surface area contributed by atoms with Crippen LogP contribution in [0.1, 0.15) is 88.4 Å². The van der Waals surface area contributed by atoms with Crippen molar-refractivity contribution >= 4 is 40.3 Å². The molecule has 0 unspecified atom stereocenters. The second-order valence-corrected chi connectivity index (χ2v) is 12.1. The standard InChI is InChI=1S/C31H41NO5S2/c1-35-25-17-23(18-26(20-25)36-2)27-19-22(13-12-16-33)28(37-27)21-29-30(34)32(31(38)39-29)24-14-10-8-6-4-3-5-7-9-11-15-24/h17-21,24,33H,3-16H2,1-2H3/b29-21-. The lowest BCUT2D eigenvalue weighted by molar-refractivity contribution is -0.123. The van der Waals surface area contributed by atoms with Crippen LogP contribution in [0.3, 0.4) is 0 Å². The maximum atomic E-state index is 13.7. The summed E-state index contributed by atoms with van der Waals surface area (Å²) >= 11 is 7.12. The molecule has 8 heteroatoms. The summed E-state index contributed by atoms with van der Waals surface area (Å²) in [4.78, 5) is 16.2. The van der Waals surface area contributed by atoms with Crippen LogP contribution in [0.2, 0.25) is 0 Å². The second kappa shape index (κ2) is 14.9. The van der Waals surface area contributed by atoms with Gasteiger partial charge in [-0.2, -0.15) is 0 Å². The van der Waals surface area contributed by atoms with E-state index in [2.05, 4.69) is 0 Å². The van der Waals surface area contributed by atoms with E-state index in [1.807, 2.05) is 35.2 Å². The lowest BCUT2D eigenvalue weighted by Gasteiger charge is -2.27. The number of methoxy groups -OCH3 is 2. The molecule has 4 rings (SSSR count). The molecule has 2 aromatic rings. The van der Waals surface area contributed by atoms with Crippen molar-refractivity contribution in [2.24, 2.45) is 0 Å². The van der Waals surface area contributed by atoms with Crippen molar-refractivity contribution < 1.29 is 23.8 Å². The number of carbonyl (C=O) groups excluding carboxylic acids is 1. The summed E-state index contributed by atoms with van der Waals surface area (Å²) in [7, 11) is 3.23. The molecule has 0 atom stereocenters. The van der Waals surface area contributed by atoms with Crippen LogP contribution in [-0.2, 0) is 11.2 Å². The van der Waals surface area contributed by atoms with Gasteiger partial charge in [0.25, 0.3) is 5.91 Å². The number of thioether (sulfide) groups is 1. The number of furan rings is 1. The Morgan fingerprint density at radius 3 is 2.13 bits per heavy atom. The Labute approximate surface area is 242 Å². The van der Waals surface area contributed by atoms with Gasteiger partial charge in [0.1, 0.15) is 27.3 Å². The highest BCUT2D eigenvalue weighted by Crippen LogP contribution is 2.39. The predicted octanol–water partition coefficient (Wildman–Crippen LogP) is 7.76. The van der Waals surface area contributed by atoms with Crippen LogP contribution in [-0.4, -0.2) is 47.1 Å². The molecule has 1 aromatic heterocycles. The molecule has 2 heterocycles. The number of rotatable bonds is 8. The van der Waals surface area contributed by atoms with E-state index < -0.39 is 0 Å². The van der Waals surface area contributed by atoms with Crippen LogP contribution in [0, 0.1) is 0 Å². The Hall–Kier alpha value is -2.29. The van der Waals surface area contributed by atoms with Crippen LogP contribution < -0.4 is 9.47 Å². The fourth-order valence-corrected chi connectivity index (χ4v) is 6.81. The number of nitrogens with zero attached hydrogens (tertiary/aromatic N) is 1. The fourth-order valence-electron chi connectivity index (χ4n) is 5.44. The normalized spacial score (nSPS) is 19.3. The number of carbonyl (C=O) groups is 1. The maximum Gasteiger partial charge on any atom is 0.266 e. The number of aryl methyl sites for hydroxylation is 1. The van der Waals surface area contributed by atoms with Gasteiger partial charge < -0.3 is 19.0 Å². The molecule has 0 radical (unpaired) electrons. The second-order valence-electron chi connectivity index (χ2n) is 10.4. The van der Waals surface area contributed by atoms with E-state index in [0.29, 0.717) is 45.1 Å². The molecule has 1 aromatic carbocycles. The van der Waals surface area contributed by atoms with Crippen molar-refractivity contribution in [3.8, 4) is 22.8 Å². The summed E-state index contributed by atoms with van der Waals surface area (Å²) in [5.74, 6) is 2.59. The number of amides is 1. The van der Waals surface area contributed by atoms with E-state index in [1.165, 1.54) is 56.7 Å². The summed E-state index contributed by atoms with van der Waals surface area (Å²) in [6, 6.07) is 7.73. The van der Waals surface area contributed by atoms with Crippen molar-refractivity contribution in [2.45, 2.75) is 89.5 Å². The van der Waals surface area contributed by atoms with Gasteiger partial charge in [-0.3, -0.25) is 9.69 Å². The average molecular weight is 572 g/mol. The molecule has 2 aliphatic rings. The van der Waals surface area contributed by atoms with E-state index in [0.717, 1.165) is 36.8 Å². The molecule has 1 aliphatic carbocycles. The fraction of sp³-hybridized carbons (Fsp3) is 0.548. The predicted molar refractivity (Wildman–Crippen MR) is 162 cm³/mol. The van der Waals surface area contributed by atoms with Crippen LogP contribution in [0.25, 0.3) is 17.4 Å². The van der Waals surface area contributed by atoms with Crippen LogP contribution >= 0.6 is 24.0 Å². The molecular formula is C31H41NO5S2. The number of hydrogen-bond acceptors (Lipinski definition) is 7. The molecule has 6 nitrogen and oxygen atoms in total. The monoisotopic (exact) mass is 571 g/mol. The quantitative estimate of drug-likeness (QED) is 0.256. The Kier molecular flexibility index (Phi) is 11.4. The summed E-state index contributed by atoms with van der Waals surface area (Å²) in [6.45, 7) is 0.0801. The topological polar surface area (TPSA) is 72.1 Å². The lowest BCUT2D eigenvalue weighted by Crippen LogP contribution is -2.38. The van der Waals surface area contributed by atoms with Crippen molar-refractivity contribution in [1.29, 1.82) is 0 Å². The zero-order valence-electron chi connectivity index (χ0n) is 23.2. The van der Waals surface area contributed by atoms with Gasteiger partial charge in [0.05, 0.1) is 19.1 Å². The first-order chi connectivity index (χ1) is 19.0. The number of thiocarbonyl (C=S) groups is 1. The molecule has 2 fully saturated rings. The van der Waals surface area contributed by atoms with Crippen LogP contribution in [0.4, 0.5) is 0 Å². The molecule has 1 N–H and O–H groups in total. The Bertz CT molecular complexity index is 1120. The molecule has 212 valence electrons. The van der Waals surface area contributed by atoms with Crippen molar-refractivity contribution in [3.63, 3.8) is 0 Å². The summed E-state index contributed by atoms with van der Waals surface area (Å²) in [5, 5.41) is 9.47. The molecule has 0 spiro atoms. The first-order valence-electron chi connectivity index (χ1n) is 14.3. The van der Waals surface area contributed by atoms with Gasteiger partial charge in [0.2, 0.25) is 0 Å². The third-order valence-corrected chi connectivity index (χ3v) is 8.94. The first kappa shape index (κ1) is 29.7. The molecule has 39 heavy (non-hydrogen) atoms. The minimum atomic E-state index is -0.0174. The highest BCUT2D eigenvalue weighted by Gasteiger charge is 2.37. The third-order valence-electron chi connectivity index (χ3n) is 7.61. The minimum absolute atomic E-state index is 0.0174. The Morgan fingerprint density at radius 2 is 1.56 bits per heavy atom. The first-order valence-corrected chi connectivity index (χ1v) is 15.5. The van der Waals surface area contributed by atoms with Gasteiger partial charge in [0, 0.05) is 30.4 Å². The number of aliphatic hydroxyl groups excluding tert-OH is 1. The Morgan fingerprint density at radius 1 is 0.974 bits per heavy atom. The van der Waals surface area contributed by atoms with Crippen molar-refractivity contribution in [1.82, 2.24) is 4.90 Å². The number of hydrogen-bond donors (Lipinski definition) is 1. The highest BCUT2D eigenvalue weighted by atomic mass is 32.2. The maximum absolute atomic E-state index is 13.7. The summed E-state index contributed by atoms with van der Waals surface area (Å²) in [6.07, 6.45) is 16.3. The molecule has 1 amide bonds. The van der Waals surface area contributed by atoms with E-state index in [-0.39, 0.29) is 18.6 Å². The molecular weight excluding hydrogens is 530 g/mol. The van der Waals surface area contributed by atoms with Gasteiger partial charge in [-0.05, 0) is 49.4 Å². The number of benzene rings is 1. The Balaban J connectivity index is 1.59. The summed E-state index contributed by atoms with van der Waals surface area (Å²) in [5.41, 5.74) is 1.76. The smallest absolute Gasteiger partial charge is 0.266 e. The highest BCUT2D eigenvalue weighted by molar-refractivity contribution is 8.26. The SMILES string of the molecule is COc1cc(OC)cc(-c2cc(CCCO)c(/C=C3\SC(=S)N(C4CCCCCCCCCCC4)C3=O)o2)c1. The minimum Gasteiger partial charge on any atom is -0.497 e. The van der Waals surface area contributed by atoms with Crippen LogP contribution in [0.5, 0.6) is 11.5 Å². The van der Waals surface area contributed by atoms with E-state index in [4.69, 9.17) is 26.1 Å². The van der Waals surface area contributed by atoms with Gasteiger partial charge >= 0.3 is 0 Å². The molecule has 1 saturated carbocycles. The van der Waals surface area contributed by atoms with E-state index in [9.17, 15) is 9.90 Å². The molecule has 0 bridgehead atoms. The van der Waals surface area contributed by atoms with Gasteiger partial charge in [-0.1, -0.05) is 81.8 Å². The zero-order chi connectivity index (χ0) is 27.6.